The van der Waals surface area contributed by atoms with E-state index in [4.69, 9.17) is 4.74 Å². The Morgan fingerprint density at radius 1 is 1.23 bits per heavy atom. The first-order valence-electron chi connectivity index (χ1n) is 9.17. The second-order valence-electron chi connectivity index (χ2n) is 6.42. The van der Waals surface area contributed by atoms with Gasteiger partial charge in [0.2, 0.25) is 5.91 Å². The number of hydrogen-bond acceptors (Lipinski definition) is 6. The van der Waals surface area contributed by atoms with Gasteiger partial charge in [0.05, 0.1) is 24.6 Å². The highest BCUT2D eigenvalue weighted by atomic mass is 32.2. The number of nitriles is 1. The fourth-order valence-electron chi connectivity index (χ4n) is 2.82. The Kier molecular flexibility index (Phi) is 6.88. The molecule has 30 heavy (non-hydrogen) atoms. The lowest BCUT2D eigenvalue weighted by atomic mass is 10.1. The number of H-pyrrole nitrogens is 1. The number of nitrogens with one attached hydrogen (secondary N) is 2. The molecule has 0 fully saturated rings. The predicted octanol–water partition coefficient (Wildman–Crippen LogP) is 3.29. The first kappa shape index (κ1) is 21.1. The largest absolute Gasteiger partial charge is 0.497 e. The molecule has 0 aliphatic heterocycles. The van der Waals surface area contributed by atoms with Crippen molar-refractivity contribution in [3.05, 3.63) is 76.1 Å². The fraction of sp³-hybridized carbons (Fsp3) is 0.182. The van der Waals surface area contributed by atoms with Crippen LogP contribution in [0.15, 0.2) is 64.5 Å². The minimum Gasteiger partial charge on any atom is -0.497 e. The Morgan fingerprint density at radius 2 is 1.93 bits per heavy atom. The lowest BCUT2D eigenvalue weighted by Gasteiger charge is -2.14. The standard InChI is InChI=1S/C22H20N4O3S/c1-14(15-6-4-3-5-7-15)24-19(27)13-30-22-25-20(18(12-23)21(28)26-22)16-8-10-17(29-2)11-9-16/h3-11,14H,13H2,1-2H3,(H,24,27)(H,25,26,28). The molecule has 1 aromatic heterocycles. The molecule has 0 saturated carbocycles. The number of ether oxygens (including phenoxy) is 1. The molecular weight excluding hydrogens is 400 g/mol. The molecule has 0 bridgehead atoms. The van der Waals surface area contributed by atoms with Crippen LogP contribution < -0.4 is 15.6 Å². The average Bonchev–Trinajstić information content (AvgIpc) is 2.78. The van der Waals surface area contributed by atoms with Crippen LogP contribution in [-0.4, -0.2) is 28.7 Å². The average molecular weight is 420 g/mol. The summed E-state index contributed by atoms with van der Waals surface area (Å²) in [4.78, 5) is 31.6. The highest BCUT2D eigenvalue weighted by molar-refractivity contribution is 7.99. The summed E-state index contributed by atoms with van der Waals surface area (Å²) in [7, 11) is 1.56. The molecule has 0 spiro atoms. The van der Waals surface area contributed by atoms with Crippen LogP contribution in [0.3, 0.4) is 0 Å². The van der Waals surface area contributed by atoms with Gasteiger partial charge in [0.25, 0.3) is 5.56 Å². The van der Waals surface area contributed by atoms with Gasteiger partial charge in [-0.25, -0.2) is 4.98 Å². The van der Waals surface area contributed by atoms with Crippen LogP contribution in [0.1, 0.15) is 24.1 Å². The molecule has 0 aliphatic carbocycles. The number of aromatic nitrogens is 2. The zero-order valence-corrected chi connectivity index (χ0v) is 17.3. The van der Waals surface area contributed by atoms with E-state index >= 15 is 0 Å². The molecule has 7 nitrogen and oxygen atoms in total. The van der Waals surface area contributed by atoms with Crippen molar-refractivity contribution in [2.45, 2.75) is 18.1 Å². The molecule has 0 radical (unpaired) electrons. The smallest absolute Gasteiger partial charge is 0.270 e. The predicted molar refractivity (Wildman–Crippen MR) is 115 cm³/mol. The van der Waals surface area contributed by atoms with Crippen molar-refractivity contribution in [3.8, 4) is 23.1 Å². The topological polar surface area (TPSA) is 108 Å². The van der Waals surface area contributed by atoms with Gasteiger partial charge in [-0.2, -0.15) is 5.26 Å². The summed E-state index contributed by atoms with van der Waals surface area (Å²) in [6.07, 6.45) is 0. The van der Waals surface area contributed by atoms with Gasteiger partial charge in [-0.3, -0.25) is 9.59 Å². The second kappa shape index (κ2) is 9.76. The maximum atomic E-state index is 12.3. The van der Waals surface area contributed by atoms with Gasteiger partial charge in [-0.1, -0.05) is 42.1 Å². The summed E-state index contributed by atoms with van der Waals surface area (Å²) in [6.45, 7) is 1.90. The minimum atomic E-state index is -0.543. The van der Waals surface area contributed by atoms with E-state index < -0.39 is 5.56 Å². The number of nitrogens with zero attached hydrogens (tertiary/aromatic N) is 2. The number of aromatic amines is 1. The van der Waals surface area contributed by atoms with Crippen LogP contribution >= 0.6 is 11.8 Å². The van der Waals surface area contributed by atoms with Crippen molar-refractivity contribution in [2.24, 2.45) is 0 Å². The Morgan fingerprint density at radius 3 is 2.57 bits per heavy atom. The molecular formula is C22H20N4O3S. The highest BCUT2D eigenvalue weighted by Crippen LogP contribution is 2.24. The van der Waals surface area contributed by atoms with Gasteiger partial charge < -0.3 is 15.0 Å². The maximum absolute atomic E-state index is 12.3. The highest BCUT2D eigenvalue weighted by Gasteiger charge is 2.15. The molecule has 2 N–H and O–H groups in total. The normalized spacial score (nSPS) is 11.4. The van der Waals surface area contributed by atoms with Crippen molar-refractivity contribution in [2.75, 3.05) is 12.9 Å². The molecule has 1 unspecified atom stereocenters. The molecule has 0 saturated heterocycles. The van der Waals surface area contributed by atoms with Crippen LogP contribution in [-0.2, 0) is 4.79 Å². The number of hydrogen-bond donors (Lipinski definition) is 2. The zero-order valence-electron chi connectivity index (χ0n) is 16.5. The van der Waals surface area contributed by atoms with Gasteiger partial charge in [0.15, 0.2) is 5.16 Å². The Labute approximate surface area is 178 Å². The lowest BCUT2D eigenvalue weighted by molar-refractivity contribution is -0.119. The van der Waals surface area contributed by atoms with E-state index in [1.807, 2.05) is 43.3 Å². The summed E-state index contributed by atoms with van der Waals surface area (Å²) in [5, 5.41) is 12.6. The molecule has 1 atom stereocenters. The lowest BCUT2D eigenvalue weighted by Crippen LogP contribution is -2.28. The Bertz CT molecular complexity index is 1120. The summed E-state index contributed by atoms with van der Waals surface area (Å²) >= 11 is 1.10. The molecule has 1 heterocycles. The van der Waals surface area contributed by atoms with E-state index in [1.165, 1.54) is 0 Å². The molecule has 0 aliphatic rings. The summed E-state index contributed by atoms with van der Waals surface area (Å²) in [5.41, 5.74) is 1.26. The quantitative estimate of drug-likeness (QED) is 0.449. The van der Waals surface area contributed by atoms with Crippen molar-refractivity contribution in [3.63, 3.8) is 0 Å². The van der Waals surface area contributed by atoms with Crippen LogP contribution in [0, 0.1) is 11.3 Å². The SMILES string of the molecule is COc1ccc(-c2nc(SCC(=O)NC(C)c3ccccc3)[nH]c(=O)c2C#N)cc1. The van der Waals surface area contributed by atoms with Gasteiger partial charge in [0.1, 0.15) is 17.4 Å². The second-order valence-corrected chi connectivity index (χ2v) is 7.39. The number of amides is 1. The first-order chi connectivity index (χ1) is 14.5. The van der Waals surface area contributed by atoms with Gasteiger partial charge in [0, 0.05) is 5.56 Å². The summed E-state index contributed by atoms with van der Waals surface area (Å²) in [6, 6.07) is 18.3. The molecule has 1 amide bonds. The molecule has 8 heteroatoms. The van der Waals surface area contributed by atoms with Crippen molar-refractivity contribution in [1.82, 2.24) is 15.3 Å². The Balaban J connectivity index is 1.75. The van der Waals surface area contributed by atoms with E-state index in [-0.39, 0.29) is 34.1 Å². The van der Waals surface area contributed by atoms with Crippen molar-refractivity contribution < 1.29 is 9.53 Å². The number of thioether (sulfide) groups is 1. The molecule has 3 aromatic rings. The number of rotatable bonds is 7. The zero-order chi connectivity index (χ0) is 21.5. The van der Waals surface area contributed by atoms with E-state index in [1.54, 1.807) is 31.4 Å². The van der Waals surface area contributed by atoms with E-state index in [0.29, 0.717) is 11.3 Å². The number of carbonyl (C=O) groups is 1. The third-order valence-electron chi connectivity index (χ3n) is 4.39. The van der Waals surface area contributed by atoms with E-state index in [9.17, 15) is 14.9 Å². The van der Waals surface area contributed by atoms with Crippen molar-refractivity contribution >= 4 is 17.7 Å². The molecule has 2 aromatic carbocycles. The third kappa shape index (κ3) is 5.07. The Hall–Kier alpha value is -3.57. The third-order valence-corrected chi connectivity index (χ3v) is 5.26. The van der Waals surface area contributed by atoms with Crippen LogP contribution in [0.4, 0.5) is 0 Å². The van der Waals surface area contributed by atoms with Gasteiger partial charge in [-0.05, 0) is 36.8 Å². The monoisotopic (exact) mass is 420 g/mol. The number of benzene rings is 2. The van der Waals surface area contributed by atoms with Crippen LogP contribution in [0.5, 0.6) is 5.75 Å². The molecule has 152 valence electrons. The van der Waals surface area contributed by atoms with E-state index in [0.717, 1.165) is 17.3 Å². The number of methoxy groups -OCH3 is 1. The minimum absolute atomic E-state index is 0.0772. The van der Waals surface area contributed by atoms with Crippen LogP contribution in [0.25, 0.3) is 11.3 Å². The summed E-state index contributed by atoms with van der Waals surface area (Å²) in [5.74, 6) is 0.545. The summed E-state index contributed by atoms with van der Waals surface area (Å²) < 4.78 is 5.14. The van der Waals surface area contributed by atoms with Crippen molar-refractivity contribution in [1.29, 1.82) is 5.26 Å². The van der Waals surface area contributed by atoms with Gasteiger partial charge in [-0.15, -0.1) is 0 Å². The number of carbonyl (C=O) groups excluding carboxylic acids is 1. The van der Waals surface area contributed by atoms with E-state index in [2.05, 4.69) is 15.3 Å². The van der Waals surface area contributed by atoms with Crippen LogP contribution in [0.2, 0.25) is 0 Å². The molecule has 3 rings (SSSR count). The first-order valence-corrected chi connectivity index (χ1v) is 10.2. The van der Waals surface area contributed by atoms with Gasteiger partial charge >= 0.3 is 0 Å². The fourth-order valence-corrected chi connectivity index (χ4v) is 3.50. The maximum Gasteiger partial charge on any atom is 0.270 e.